The second-order valence-electron chi connectivity index (χ2n) is 4.75. The number of aromatic nitrogens is 2. The van der Waals surface area contributed by atoms with Crippen molar-refractivity contribution in [2.24, 2.45) is 11.7 Å². The molecule has 0 aliphatic heterocycles. The maximum atomic E-state index is 11.8. The van der Waals surface area contributed by atoms with Gasteiger partial charge in [0.15, 0.2) is 0 Å². The molecule has 0 saturated carbocycles. The molecule has 0 aromatic carbocycles. The first-order valence-electron chi connectivity index (χ1n) is 5.32. The van der Waals surface area contributed by atoms with E-state index >= 15 is 0 Å². The lowest BCUT2D eigenvalue weighted by molar-refractivity contribution is -0.159. The summed E-state index contributed by atoms with van der Waals surface area (Å²) in [6, 6.07) is 0. The predicted molar refractivity (Wildman–Crippen MR) is 60.7 cm³/mol. The van der Waals surface area contributed by atoms with E-state index in [4.69, 9.17) is 10.5 Å². The monoisotopic (exact) mass is 225 g/mol. The van der Waals surface area contributed by atoms with Crippen molar-refractivity contribution in [1.82, 2.24) is 9.97 Å². The number of hydrogen-bond donors (Lipinski definition) is 2. The molecular formula is C11H19N3O2. The van der Waals surface area contributed by atoms with E-state index in [2.05, 4.69) is 9.97 Å². The summed E-state index contributed by atoms with van der Waals surface area (Å²) in [4.78, 5) is 18.6. The van der Waals surface area contributed by atoms with Gasteiger partial charge in [0.05, 0.1) is 12.2 Å². The highest BCUT2D eigenvalue weighted by atomic mass is 16.6. The first-order valence-corrected chi connectivity index (χ1v) is 5.32. The van der Waals surface area contributed by atoms with Crippen LogP contribution in [0, 0.1) is 5.92 Å². The molecule has 16 heavy (non-hydrogen) atoms. The number of hydrogen-bond acceptors (Lipinski definition) is 4. The van der Waals surface area contributed by atoms with Crippen LogP contribution in [0.4, 0.5) is 0 Å². The number of rotatable bonds is 4. The lowest BCUT2D eigenvalue weighted by atomic mass is 10.0. The number of aromatic amines is 1. The number of carbonyl (C=O) groups is 1. The van der Waals surface area contributed by atoms with Crippen LogP contribution in [0.2, 0.25) is 0 Å². The summed E-state index contributed by atoms with van der Waals surface area (Å²) in [7, 11) is 0. The molecule has 1 aromatic rings. The molecule has 0 radical (unpaired) electrons. The first kappa shape index (κ1) is 12.7. The van der Waals surface area contributed by atoms with Crippen molar-refractivity contribution in [1.29, 1.82) is 0 Å². The minimum absolute atomic E-state index is 0.260. The minimum atomic E-state index is -0.474. The highest BCUT2D eigenvalue weighted by Crippen LogP contribution is 2.13. The third-order valence-electron chi connectivity index (χ3n) is 2.05. The van der Waals surface area contributed by atoms with Gasteiger partial charge in [0.2, 0.25) is 0 Å². The molecule has 0 spiro atoms. The second kappa shape index (κ2) is 5.12. The Hall–Kier alpha value is -1.36. The van der Waals surface area contributed by atoms with Crippen LogP contribution in [0.25, 0.3) is 0 Å². The van der Waals surface area contributed by atoms with Gasteiger partial charge in [-0.05, 0) is 20.8 Å². The third kappa shape index (κ3) is 4.02. The number of ether oxygens (including phenoxy) is 1. The van der Waals surface area contributed by atoms with E-state index in [0.717, 1.165) is 5.69 Å². The van der Waals surface area contributed by atoms with Crippen molar-refractivity contribution in [2.75, 3.05) is 6.54 Å². The number of H-pyrrole nitrogens is 1. The average Bonchev–Trinajstić information content (AvgIpc) is 2.63. The predicted octanol–water partition coefficient (Wildman–Crippen LogP) is 0.869. The minimum Gasteiger partial charge on any atom is -0.460 e. The molecule has 5 nitrogen and oxygen atoms in total. The number of esters is 1. The van der Waals surface area contributed by atoms with Crippen LogP contribution in [-0.4, -0.2) is 28.1 Å². The molecule has 3 N–H and O–H groups in total. The van der Waals surface area contributed by atoms with Gasteiger partial charge in [-0.1, -0.05) is 0 Å². The number of nitrogens with two attached hydrogens (primary N) is 1. The molecule has 1 rings (SSSR count). The van der Waals surface area contributed by atoms with Gasteiger partial charge in [-0.25, -0.2) is 4.98 Å². The summed E-state index contributed by atoms with van der Waals surface area (Å²) in [6.07, 6.45) is 3.80. The van der Waals surface area contributed by atoms with Crippen molar-refractivity contribution >= 4 is 5.97 Å². The van der Waals surface area contributed by atoms with Gasteiger partial charge in [0, 0.05) is 24.9 Å². The van der Waals surface area contributed by atoms with Gasteiger partial charge in [-0.3, -0.25) is 4.79 Å². The van der Waals surface area contributed by atoms with Crippen molar-refractivity contribution in [3.63, 3.8) is 0 Å². The molecular weight excluding hydrogens is 206 g/mol. The molecule has 90 valence electrons. The summed E-state index contributed by atoms with van der Waals surface area (Å²) in [6.45, 7) is 5.80. The van der Waals surface area contributed by atoms with Gasteiger partial charge < -0.3 is 15.5 Å². The Morgan fingerprint density at radius 3 is 2.75 bits per heavy atom. The van der Waals surface area contributed by atoms with Crippen molar-refractivity contribution < 1.29 is 9.53 Å². The first-order chi connectivity index (χ1) is 7.42. The smallest absolute Gasteiger partial charge is 0.311 e. The van der Waals surface area contributed by atoms with Gasteiger partial charge in [-0.15, -0.1) is 0 Å². The Kier molecular flexibility index (Phi) is 4.06. The molecule has 5 heteroatoms. The van der Waals surface area contributed by atoms with Crippen LogP contribution in [0.3, 0.4) is 0 Å². The van der Waals surface area contributed by atoms with E-state index in [0.29, 0.717) is 6.42 Å². The average molecular weight is 225 g/mol. The van der Waals surface area contributed by atoms with Gasteiger partial charge in [0.25, 0.3) is 0 Å². The van der Waals surface area contributed by atoms with Crippen LogP contribution >= 0.6 is 0 Å². The number of imidazole rings is 1. The maximum absolute atomic E-state index is 11.8. The second-order valence-corrected chi connectivity index (χ2v) is 4.75. The van der Waals surface area contributed by atoms with E-state index in [1.807, 2.05) is 20.8 Å². The summed E-state index contributed by atoms with van der Waals surface area (Å²) >= 11 is 0. The van der Waals surface area contributed by atoms with Crippen LogP contribution < -0.4 is 5.73 Å². The SMILES string of the molecule is CC(C)(C)OC(=O)C(CN)Cc1cnc[nH]1. The Labute approximate surface area is 95.4 Å². The Balaban J connectivity index is 2.57. The van der Waals surface area contributed by atoms with Crippen molar-refractivity contribution in [2.45, 2.75) is 32.8 Å². The number of carbonyl (C=O) groups excluding carboxylic acids is 1. The zero-order valence-corrected chi connectivity index (χ0v) is 9.99. The summed E-state index contributed by atoms with van der Waals surface area (Å²) < 4.78 is 5.29. The fourth-order valence-corrected chi connectivity index (χ4v) is 1.31. The largest absolute Gasteiger partial charge is 0.460 e. The van der Waals surface area contributed by atoms with E-state index < -0.39 is 5.60 Å². The molecule has 1 heterocycles. The lowest BCUT2D eigenvalue weighted by Crippen LogP contribution is -2.33. The fourth-order valence-electron chi connectivity index (χ4n) is 1.31. The molecule has 0 aliphatic rings. The molecule has 1 atom stereocenters. The molecule has 0 saturated heterocycles. The highest BCUT2D eigenvalue weighted by molar-refractivity contribution is 5.73. The Morgan fingerprint density at radius 2 is 2.31 bits per heavy atom. The maximum Gasteiger partial charge on any atom is 0.311 e. The van der Waals surface area contributed by atoms with E-state index in [-0.39, 0.29) is 18.4 Å². The highest BCUT2D eigenvalue weighted by Gasteiger charge is 2.24. The van der Waals surface area contributed by atoms with E-state index in [1.54, 1.807) is 12.5 Å². The van der Waals surface area contributed by atoms with Crippen molar-refractivity contribution in [3.05, 3.63) is 18.2 Å². The number of nitrogens with one attached hydrogen (secondary N) is 1. The van der Waals surface area contributed by atoms with E-state index in [1.165, 1.54) is 0 Å². The quantitative estimate of drug-likeness (QED) is 0.745. The summed E-state index contributed by atoms with van der Waals surface area (Å²) in [5.41, 5.74) is 5.99. The van der Waals surface area contributed by atoms with Gasteiger partial charge >= 0.3 is 5.97 Å². The van der Waals surface area contributed by atoms with Gasteiger partial charge in [-0.2, -0.15) is 0 Å². The lowest BCUT2D eigenvalue weighted by Gasteiger charge is -2.23. The number of nitrogens with zero attached hydrogens (tertiary/aromatic N) is 1. The van der Waals surface area contributed by atoms with Crippen LogP contribution in [0.15, 0.2) is 12.5 Å². The molecule has 0 fully saturated rings. The Morgan fingerprint density at radius 1 is 1.62 bits per heavy atom. The van der Waals surface area contributed by atoms with Crippen molar-refractivity contribution in [3.8, 4) is 0 Å². The molecule has 0 amide bonds. The fraction of sp³-hybridized carbons (Fsp3) is 0.636. The zero-order valence-electron chi connectivity index (χ0n) is 9.99. The van der Waals surface area contributed by atoms with Gasteiger partial charge in [0.1, 0.15) is 5.60 Å². The topological polar surface area (TPSA) is 81.0 Å². The molecule has 0 bridgehead atoms. The zero-order chi connectivity index (χ0) is 12.2. The molecule has 1 unspecified atom stereocenters. The van der Waals surface area contributed by atoms with Crippen LogP contribution in [0.5, 0.6) is 0 Å². The third-order valence-corrected chi connectivity index (χ3v) is 2.05. The summed E-state index contributed by atoms with van der Waals surface area (Å²) in [5, 5.41) is 0. The van der Waals surface area contributed by atoms with Crippen LogP contribution in [-0.2, 0) is 16.0 Å². The molecule has 1 aromatic heterocycles. The Bertz CT molecular complexity index is 327. The normalized spacial score (nSPS) is 13.5. The standard InChI is InChI=1S/C11H19N3O2/c1-11(2,3)16-10(15)8(5-12)4-9-6-13-7-14-9/h6-8H,4-5,12H2,1-3H3,(H,13,14). The van der Waals surface area contributed by atoms with Crippen LogP contribution in [0.1, 0.15) is 26.5 Å². The summed E-state index contributed by atoms with van der Waals surface area (Å²) in [5.74, 6) is -0.579. The van der Waals surface area contributed by atoms with E-state index in [9.17, 15) is 4.79 Å². The molecule has 0 aliphatic carbocycles.